The quantitative estimate of drug-likeness (QED) is 0.112. The highest BCUT2D eigenvalue weighted by molar-refractivity contribution is 9.10. The molecule has 0 spiro atoms. The van der Waals surface area contributed by atoms with Crippen LogP contribution in [0, 0.1) is 0 Å². The predicted octanol–water partition coefficient (Wildman–Crippen LogP) is 5.86. The number of hydrogen-bond acceptors (Lipinski definition) is 6. The number of benzene rings is 4. The fourth-order valence-electron chi connectivity index (χ4n) is 4.09. The summed E-state index contributed by atoms with van der Waals surface area (Å²) >= 11 is 9.54. The molecule has 0 bridgehead atoms. The van der Waals surface area contributed by atoms with Crippen LogP contribution in [0.5, 0.6) is 5.75 Å². The number of imide groups is 1. The van der Waals surface area contributed by atoms with Gasteiger partial charge in [0.15, 0.2) is 5.78 Å². The maximum Gasteiger partial charge on any atom is 0.343 e. The molecule has 0 aromatic heterocycles. The van der Waals surface area contributed by atoms with Gasteiger partial charge in [0.1, 0.15) is 12.3 Å². The molecule has 3 amide bonds. The second kappa shape index (κ2) is 11.3. The second-order valence-electron chi connectivity index (χ2n) is 8.65. The molecule has 0 atom stereocenters. The van der Waals surface area contributed by atoms with Gasteiger partial charge in [-0.3, -0.25) is 19.2 Å². The smallest absolute Gasteiger partial charge is 0.343 e. The van der Waals surface area contributed by atoms with Crippen molar-refractivity contribution in [3.8, 4) is 5.75 Å². The third kappa shape index (κ3) is 5.29. The van der Waals surface area contributed by atoms with Crippen molar-refractivity contribution in [2.24, 2.45) is 0 Å². The van der Waals surface area contributed by atoms with Gasteiger partial charge in [0, 0.05) is 10.0 Å². The molecule has 0 aliphatic carbocycles. The molecule has 0 unspecified atom stereocenters. The first-order valence-electron chi connectivity index (χ1n) is 11.9. The van der Waals surface area contributed by atoms with Gasteiger partial charge in [0.2, 0.25) is 0 Å². The van der Waals surface area contributed by atoms with E-state index >= 15 is 0 Å². The Kier molecular flexibility index (Phi) is 7.59. The summed E-state index contributed by atoms with van der Waals surface area (Å²) in [6.07, 6.45) is 0. The van der Waals surface area contributed by atoms with Crippen molar-refractivity contribution in [3.63, 3.8) is 0 Å². The Labute approximate surface area is 241 Å². The lowest BCUT2D eigenvalue weighted by atomic mass is 10.1. The summed E-state index contributed by atoms with van der Waals surface area (Å²) < 4.78 is 6.18. The zero-order chi connectivity index (χ0) is 28.4. The van der Waals surface area contributed by atoms with Gasteiger partial charge >= 0.3 is 5.97 Å². The SMILES string of the molecule is O=C(CN(C(=O)c1ccccc1Cl)N1C(=O)c2ccccc2C1=O)c1ccc(OC(=O)c2ccc(Br)cc2)cc1. The Bertz CT molecular complexity index is 1640. The van der Waals surface area contributed by atoms with Crippen molar-refractivity contribution >= 4 is 57.0 Å². The number of ketones is 1. The Balaban J connectivity index is 1.39. The van der Waals surface area contributed by atoms with E-state index < -0.39 is 36.0 Å². The number of carbonyl (C=O) groups excluding carboxylic acids is 5. The number of amides is 3. The summed E-state index contributed by atoms with van der Waals surface area (Å²) in [6.45, 7) is -0.631. The molecule has 4 aromatic carbocycles. The minimum absolute atomic E-state index is 0.0173. The molecule has 0 saturated heterocycles. The summed E-state index contributed by atoms with van der Waals surface area (Å²) in [7, 11) is 0. The van der Waals surface area contributed by atoms with Gasteiger partial charge in [-0.1, -0.05) is 51.8 Å². The summed E-state index contributed by atoms with van der Waals surface area (Å²) in [6, 6.07) is 24.6. The van der Waals surface area contributed by atoms with Gasteiger partial charge < -0.3 is 4.74 Å². The van der Waals surface area contributed by atoms with Crippen LogP contribution < -0.4 is 4.74 Å². The number of esters is 1. The van der Waals surface area contributed by atoms with Crippen LogP contribution in [0.15, 0.2) is 102 Å². The Morgan fingerprint density at radius 1 is 0.750 bits per heavy atom. The van der Waals surface area contributed by atoms with E-state index in [4.69, 9.17) is 16.3 Å². The van der Waals surface area contributed by atoms with Crippen LogP contribution in [0.2, 0.25) is 5.02 Å². The van der Waals surface area contributed by atoms with Crippen LogP contribution in [0.1, 0.15) is 51.8 Å². The number of hydrazine groups is 1. The first kappa shape index (κ1) is 27.0. The number of halogens is 2. The molecule has 4 aromatic rings. The van der Waals surface area contributed by atoms with E-state index in [1.165, 1.54) is 48.5 Å². The molecule has 8 nitrogen and oxygen atoms in total. The van der Waals surface area contributed by atoms with Gasteiger partial charge in [-0.2, -0.15) is 5.01 Å². The second-order valence-corrected chi connectivity index (χ2v) is 9.98. The largest absolute Gasteiger partial charge is 0.423 e. The topological polar surface area (TPSA) is 101 Å². The molecule has 0 radical (unpaired) electrons. The van der Waals surface area contributed by atoms with E-state index in [2.05, 4.69) is 15.9 Å². The fourth-order valence-corrected chi connectivity index (χ4v) is 4.57. The minimum atomic E-state index is -0.798. The van der Waals surface area contributed by atoms with Crippen molar-refractivity contribution in [3.05, 3.63) is 134 Å². The number of nitrogens with zero attached hydrogens (tertiary/aromatic N) is 2. The van der Waals surface area contributed by atoms with Crippen LogP contribution in [0.25, 0.3) is 0 Å². The zero-order valence-electron chi connectivity index (χ0n) is 20.5. The summed E-state index contributed by atoms with van der Waals surface area (Å²) in [4.78, 5) is 65.7. The van der Waals surface area contributed by atoms with Gasteiger partial charge in [0.05, 0.1) is 27.3 Å². The Morgan fingerprint density at radius 2 is 1.30 bits per heavy atom. The average Bonchev–Trinajstić information content (AvgIpc) is 3.21. The molecular weight excluding hydrogens is 600 g/mol. The predicted molar refractivity (Wildman–Crippen MR) is 149 cm³/mol. The molecule has 1 aliphatic rings. The number of ether oxygens (including phenoxy) is 1. The third-order valence-corrected chi connectivity index (χ3v) is 6.97. The van der Waals surface area contributed by atoms with Crippen molar-refractivity contribution in [1.29, 1.82) is 0 Å². The highest BCUT2D eigenvalue weighted by atomic mass is 79.9. The summed E-state index contributed by atoms with van der Waals surface area (Å²) in [5.41, 5.74) is 0.765. The molecular formula is C30H18BrClN2O6. The number of hydrogen-bond donors (Lipinski definition) is 0. The van der Waals surface area contributed by atoms with Gasteiger partial charge in [-0.25, -0.2) is 9.80 Å². The Hall–Kier alpha value is -4.60. The van der Waals surface area contributed by atoms with Gasteiger partial charge in [0.25, 0.3) is 17.7 Å². The maximum atomic E-state index is 13.6. The maximum absolute atomic E-state index is 13.6. The summed E-state index contributed by atoms with van der Waals surface area (Å²) in [5, 5.41) is 1.57. The number of fused-ring (bicyclic) bond motifs is 1. The van der Waals surface area contributed by atoms with Gasteiger partial charge in [-0.05, 0) is 72.8 Å². The van der Waals surface area contributed by atoms with E-state index in [1.807, 2.05) is 0 Å². The van der Waals surface area contributed by atoms with E-state index in [1.54, 1.807) is 48.5 Å². The van der Waals surface area contributed by atoms with Crippen LogP contribution in [0.3, 0.4) is 0 Å². The van der Waals surface area contributed by atoms with E-state index in [-0.39, 0.29) is 33.0 Å². The van der Waals surface area contributed by atoms with Crippen molar-refractivity contribution in [2.45, 2.75) is 0 Å². The van der Waals surface area contributed by atoms with Crippen molar-refractivity contribution in [2.75, 3.05) is 6.54 Å². The monoisotopic (exact) mass is 616 g/mol. The molecule has 1 aliphatic heterocycles. The number of carbonyl (C=O) groups is 5. The third-order valence-electron chi connectivity index (χ3n) is 6.11. The van der Waals surface area contributed by atoms with Gasteiger partial charge in [-0.15, -0.1) is 0 Å². The number of rotatable bonds is 7. The lowest BCUT2D eigenvalue weighted by Gasteiger charge is -2.29. The normalized spacial score (nSPS) is 12.2. The Morgan fingerprint density at radius 3 is 1.90 bits per heavy atom. The molecule has 1 heterocycles. The number of Topliss-reactive ketones (excluding diaryl/α,β-unsaturated/α-hetero) is 1. The van der Waals surface area contributed by atoms with Crippen molar-refractivity contribution < 1.29 is 28.7 Å². The van der Waals surface area contributed by atoms with E-state index in [0.29, 0.717) is 10.6 Å². The molecule has 0 N–H and O–H groups in total. The minimum Gasteiger partial charge on any atom is -0.423 e. The first-order chi connectivity index (χ1) is 19.2. The van der Waals surface area contributed by atoms with Crippen molar-refractivity contribution in [1.82, 2.24) is 10.0 Å². The zero-order valence-corrected chi connectivity index (χ0v) is 22.9. The molecule has 10 heteroatoms. The molecule has 5 rings (SSSR count). The molecule has 0 fully saturated rings. The standard InChI is InChI=1S/C30H18BrClN2O6/c31-20-13-9-19(10-14-20)30(39)40-21-15-11-18(12-16-21)26(35)17-33(27(36)24-7-3-4-8-25(24)32)34-28(37)22-5-1-2-6-23(22)29(34)38/h1-16H,17H2. The van der Waals surface area contributed by atoms with Crippen LogP contribution in [-0.4, -0.2) is 46.0 Å². The lowest BCUT2D eigenvalue weighted by Crippen LogP contribution is -2.51. The molecule has 198 valence electrons. The lowest BCUT2D eigenvalue weighted by molar-refractivity contribution is 0.00531. The highest BCUT2D eigenvalue weighted by Crippen LogP contribution is 2.27. The molecule has 0 saturated carbocycles. The molecule has 40 heavy (non-hydrogen) atoms. The van der Waals surface area contributed by atoms with Crippen LogP contribution in [0.4, 0.5) is 0 Å². The van der Waals surface area contributed by atoms with Crippen LogP contribution >= 0.6 is 27.5 Å². The van der Waals surface area contributed by atoms with E-state index in [0.717, 1.165) is 9.48 Å². The fraction of sp³-hybridized carbons (Fsp3) is 0.0333. The average molecular weight is 618 g/mol. The summed E-state index contributed by atoms with van der Waals surface area (Å²) in [5.74, 6) is -3.20. The van der Waals surface area contributed by atoms with Crippen LogP contribution in [-0.2, 0) is 0 Å². The highest BCUT2D eigenvalue weighted by Gasteiger charge is 2.42. The first-order valence-corrected chi connectivity index (χ1v) is 13.1. The van der Waals surface area contributed by atoms with E-state index in [9.17, 15) is 24.0 Å².